The first kappa shape index (κ1) is 14.5. The molecular weight excluding hydrogens is 254 g/mol. The van der Waals surface area contributed by atoms with Crippen LogP contribution in [0.5, 0.6) is 0 Å². The van der Waals surface area contributed by atoms with Gasteiger partial charge in [0.15, 0.2) is 0 Å². The van der Waals surface area contributed by atoms with Crippen molar-refractivity contribution in [3.05, 3.63) is 22.4 Å². The van der Waals surface area contributed by atoms with Gasteiger partial charge >= 0.3 is 12.1 Å². The van der Waals surface area contributed by atoms with E-state index in [4.69, 9.17) is 9.84 Å². The van der Waals surface area contributed by atoms with E-state index in [1.54, 1.807) is 26.8 Å². The maximum atomic E-state index is 11.6. The summed E-state index contributed by atoms with van der Waals surface area (Å²) in [6.45, 7) is 5.26. The molecule has 1 rings (SSSR count). The molecule has 0 unspecified atom stereocenters. The number of nitrogens with one attached hydrogen (secondary N) is 1. The van der Waals surface area contributed by atoms with Crippen LogP contribution in [0, 0.1) is 0 Å². The first-order valence-electron chi connectivity index (χ1n) is 5.52. The van der Waals surface area contributed by atoms with Crippen LogP contribution >= 0.6 is 11.3 Å². The van der Waals surface area contributed by atoms with Crippen LogP contribution in [-0.2, 0) is 9.53 Å². The number of ether oxygens (including phenoxy) is 1. The van der Waals surface area contributed by atoms with Gasteiger partial charge in [-0.25, -0.2) is 4.79 Å². The molecule has 0 aliphatic rings. The number of carbonyl (C=O) groups is 2. The zero-order chi connectivity index (χ0) is 13.8. The highest BCUT2D eigenvalue weighted by Crippen LogP contribution is 2.22. The number of hydrogen-bond acceptors (Lipinski definition) is 4. The van der Waals surface area contributed by atoms with Crippen LogP contribution in [0.15, 0.2) is 17.5 Å². The van der Waals surface area contributed by atoms with E-state index in [0.29, 0.717) is 0 Å². The third-order valence-electron chi connectivity index (χ3n) is 1.96. The minimum Gasteiger partial charge on any atom is -0.481 e. The van der Waals surface area contributed by atoms with Crippen molar-refractivity contribution >= 4 is 23.4 Å². The molecule has 0 fully saturated rings. The predicted molar refractivity (Wildman–Crippen MR) is 68.7 cm³/mol. The fourth-order valence-electron chi connectivity index (χ4n) is 1.34. The summed E-state index contributed by atoms with van der Waals surface area (Å²) in [7, 11) is 0. The lowest BCUT2D eigenvalue weighted by Crippen LogP contribution is -2.35. The third-order valence-corrected chi connectivity index (χ3v) is 2.94. The number of carboxylic acid groups (broad SMARTS) is 1. The number of carbonyl (C=O) groups excluding carboxylic acids is 1. The van der Waals surface area contributed by atoms with Crippen LogP contribution in [0.4, 0.5) is 4.79 Å². The molecule has 1 aromatic heterocycles. The molecule has 0 aliphatic heterocycles. The van der Waals surface area contributed by atoms with Gasteiger partial charge < -0.3 is 15.2 Å². The molecule has 100 valence electrons. The number of carboxylic acids is 1. The molecule has 0 saturated heterocycles. The lowest BCUT2D eigenvalue weighted by molar-refractivity contribution is -0.137. The van der Waals surface area contributed by atoms with Crippen molar-refractivity contribution < 1.29 is 19.4 Å². The molecule has 5 nitrogen and oxygen atoms in total. The van der Waals surface area contributed by atoms with Crippen molar-refractivity contribution in [1.82, 2.24) is 5.32 Å². The van der Waals surface area contributed by atoms with E-state index in [-0.39, 0.29) is 6.42 Å². The van der Waals surface area contributed by atoms with Crippen LogP contribution in [0.3, 0.4) is 0 Å². The molecule has 1 atom stereocenters. The van der Waals surface area contributed by atoms with Gasteiger partial charge in [-0.15, -0.1) is 11.3 Å². The summed E-state index contributed by atoms with van der Waals surface area (Å²) >= 11 is 1.40. The Labute approximate surface area is 110 Å². The van der Waals surface area contributed by atoms with Crippen molar-refractivity contribution in [3.63, 3.8) is 0 Å². The molecule has 2 N–H and O–H groups in total. The lowest BCUT2D eigenvalue weighted by Gasteiger charge is -2.22. The Morgan fingerprint density at radius 1 is 1.50 bits per heavy atom. The van der Waals surface area contributed by atoms with Crippen LogP contribution in [0.2, 0.25) is 0 Å². The topological polar surface area (TPSA) is 75.6 Å². The average Bonchev–Trinajstić information content (AvgIpc) is 2.64. The summed E-state index contributed by atoms with van der Waals surface area (Å²) in [6.07, 6.45) is -0.776. The highest BCUT2D eigenvalue weighted by molar-refractivity contribution is 7.10. The highest BCUT2D eigenvalue weighted by Gasteiger charge is 2.22. The van der Waals surface area contributed by atoms with Crippen LogP contribution < -0.4 is 5.32 Å². The van der Waals surface area contributed by atoms with E-state index in [9.17, 15) is 9.59 Å². The smallest absolute Gasteiger partial charge is 0.408 e. The quantitative estimate of drug-likeness (QED) is 0.883. The Morgan fingerprint density at radius 3 is 2.61 bits per heavy atom. The molecule has 1 aromatic rings. The normalized spacial score (nSPS) is 12.8. The number of alkyl carbamates (subject to hydrolysis) is 1. The summed E-state index contributed by atoms with van der Waals surface area (Å²) < 4.78 is 5.11. The Kier molecular flexibility index (Phi) is 4.72. The summed E-state index contributed by atoms with van der Waals surface area (Å²) in [5.74, 6) is -0.968. The van der Waals surface area contributed by atoms with Crippen molar-refractivity contribution in [2.75, 3.05) is 0 Å². The minimum atomic E-state index is -0.968. The van der Waals surface area contributed by atoms with E-state index >= 15 is 0 Å². The molecule has 6 heteroatoms. The van der Waals surface area contributed by atoms with Gasteiger partial charge in [-0.1, -0.05) is 6.07 Å². The van der Waals surface area contributed by atoms with E-state index in [1.165, 1.54) is 11.3 Å². The predicted octanol–water partition coefficient (Wildman–Crippen LogP) is 2.79. The van der Waals surface area contributed by atoms with Gasteiger partial charge in [0.2, 0.25) is 0 Å². The van der Waals surface area contributed by atoms with Gasteiger partial charge in [0, 0.05) is 4.88 Å². The SMILES string of the molecule is CC(C)(C)OC(=O)N[C@@H](CC(=O)O)c1cccs1. The number of aliphatic carboxylic acids is 1. The van der Waals surface area contributed by atoms with Gasteiger partial charge in [-0.2, -0.15) is 0 Å². The maximum absolute atomic E-state index is 11.6. The van der Waals surface area contributed by atoms with Crippen LogP contribution in [0.1, 0.15) is 38.1 Å². The number of thiophene rings is 1. The minimum absolute atomic E-state index is 0.167. The number of amides is 1. The van der Waals surface area contributed by atoms with Gasteiger partial charge in [0.25, 0.3) is 0 Å². The highest BCUT2D eigenvalue weighted by atomic mass is 32.1. The fraction of sp³-hybridized carbons (Fsp3) is 0.500. The molecule has 18 heavy (non-hydrogen) atoms. The number of hydrogen-bond donors (Lipinski definition) is 2. The molecule has 1 heterocycles. The van der Waals surface area contributed by atoms with E-state index < -0.39 is 23.7 Å². The summed E-state index contributed by atoms with van der Waals surface area (Å²) in [5.41, 5.74) is -0.604. The summed E-state index contributed by atoms with van der Waals surface area (Å²) in [4.78, 5) is 23.2. The van der Waals surface area contributed by atoms with Crippen LogP contribution in [0.25, 0.3) is 0 Å². The van der Waals surface area contributed by atoms with Gasteiger partial charge in [-0.05, 0) is 32.2 Å². The molecule has 0 aromatic carbocycles. The lowest BCUT2D eigenvalue weighted by atomic mass is 10.1. The molecular formula is C12H17NO4S. The Morgan fingerprint density at radius 2 is 2.17 bits per heavy atom. The largest absolute Gasteiger partial charge is 0.481 e. The van der Waals surface area contributed by atoms with E-state index in [2.05, 4.69) is 5.32 Å². The van der Waals surface area contributed by atoms with Crippen molar-refractivity contribution in [2.45, 2.75) is 38.8 Å². The van der Waals surface area contributed by atoms with E-state index in [0.717, 1.165) is 4.88 Å². The average molecular weight is 271 g/mol. The third kappa shape index (κ3) is 5.18. The molecule has 0 bridgehead atoms. The summed E-state index contributed by atoms with van der Waals surface area (Å²) in [6, 6.07) is 3.04. The first-order chi connectivity index (χ1) is 8.28. The van der Waals surface area contributed by atoms with E-state index in [1.807, 2.05) is 11.4 Å². The van der Waals surface area contributed by atoms with Crippen molar-refractivity contribution in [3.8, 4) is 0 Å². The monoisotopic (exact) mass is 271 g/mol. The zero-order valence-electron chi connectivity index (χ0n) is 10.6. The molecule has 1 amide bonds. The second kappa shape index (κ2) is 5.86. The standard InChI is InChI=1S/C12H17NO4S/c1-12(2,3)17-11(16)13-8(7-10(14)15)9-5-4-6-18-9/h4-6,8H,7H2,1-3H3,(H,13,16)(H,14,15)/t8-/m0/s1. The van der Waals surface area contributed by atoms with Crippen LogP contribution in [-0.4, -0.2) is 22.8 Å². The first-order valence-corrected chi connectivity index (χ1v) is 6.40. The van der Waals surface area contributed by atoms with Gasteiger partial charge in [0.05, 0.1) is 12.5 Å². The second-order valence-electron chi connectivity index (χ2n) is 4.81. The Bertz CT molecular complexity index is 408. The molecule has 0 aliphatic carbocycles. The Balaban J connectivity index is 2.68. The summed E-state index contributed by atoms with van der Waals surface area (Å²) in [5, 5.41) is 13.3. The Hall–Kier alpha value is -1.56. The van der Waals surface area contributed by atoms with Gasteiger partial charge in [0.1, 0.15) is 5.60 Å². The molecule has 0 radical (unpaired) electrons. The second-order valence-corrected chi connectivity index (χ2v) is 5.79. The molecule has 0 saturated carbocycles. The van der Waals surface area contributed by atoms with Crippen molar-refractivity contribution in [1.29, 1.82) is 0 Å². The number of rotatable bonds is 4. The maximum Gasteiger partial charge on any atom is 0.408 e. The fourth-order valence-corrected chi connectivity index (χ4v) is 2.11. The zero-order valence-corrected chi connectivity index (χ0v) is 11.4. The van der Waals surface area contributed by atoms with Crippen molar-refractivity contribution in [2.24, 2.45) is 0 Å². The van der Waals surface area contributed by atoms with Gasteiger partial charge in [-0.3, -0.25) is 4.79 Å². The molecule has 0 spiro atoms.